The van der Waals surface area contributed by atoms with Crippen LogP contribution in [0.5, 0.6) is 0 Å². The minimum atomic E-state index is -0.429. The third kappa shape index (κ3) is 4.75. The van der Waals surface area contributed by atoms with Gasteiger partial charge in [0.15, 0.2) is 0 Å². The van der Waals surface area contributed by atoms with Gasteiger partial charge in [-0.15, -0.1) is 0 Å². The van der Waals surface area contributed by atoms with Gasteiger partial charge in [-0.25, -0.2) is 0 Å². The predicted molar refractivity (Wildman–Crippen MR) is 55.8 cm³/mol. The summed E-state index contributed by atoms with van der Waals surface area (Å²) in [6, 6.07) is 0. The first-order valence-corrected chi connectivity index (χ1v) is 5.07. The van der Waals surface area contributed by atoms with Gasteiger partial charge in [0.05, 0.1) is 13.1 Å². The Morgan fingerprint density at radius 1 is 1.27 bits per heavy atom. The van der Waals surface area contributed by atoms with Crippen LogP contribution in [-0.4, -0.2) is 49.4 Å². The largest absolute Gasteiger partial charge is 0.369 e. The average Bonchev–Trinajstić information content (AvgIpc) is 2.53. The maximum atomic E-state index is 10.8. The number of hydrogen-bond acceptors (Lipinski definition) is 4. The summed E-state index contributed by atoms with van der Waals surface area (Å²) in [6.45, 7) is 2.80. The molecule has 86 valence electrons. The van der Waals surface area contributed by atoms with Crippen molar-refractivity contribution < 1.29 is 9.59 Å². The summed E-state index contributed by atoms with van der Waals surface area (Å²) in [5.74, 6) is -0.381. The number of hydrogen-bond donors (Lipinski definition) is 3. The smallest absolute Gasteiger partial charge is 0.231 e. The number of carbonyl (C=O) groups is 2. The minimum absolute atomic E-state index is 0.0967. The lowest BCUT2D eigenvalue weighted by Gasteiger charge is -2.22. The molecule has 6 heteroatoms. The second kappa shape index (κ2) is 5.67. The van der Waals surface area contributed by atoms with Gasteiger partial charge in [-0.1, -0.05) is 0 Å². The number of amides is 2. The third-order valence-electron chi connectivity index (χ3n) is 2.44. The zero-order valence-electron chi connectivity index (χ0n) is 8.74. The molecule has 1 aliphatic rings. The van der Waals surface area contributed by atoms with Gasteiger partial charge in [-0.2, -0.15) is 0 Å². The number of primary amides is 2. The van der Waals surface area contributed by atoms with Crippen molar-refractivity contribution in [2.24, 2.45) is 17.4 Å². The fourth-order valence-corrected chi connectivity index (χ4v) is 1.86. The van der Waals surface area contributed by atoms with E-state index in [-0.39, 0.29) is 13.1 Å². The Bertz CT molecular complexity index is 222. The van der Waals surface area contributed by atoms with Gasteiger partial charge in [0.2, 0.25) is 11.8 Å². The summed E-state index contributed by atoms with van der Waals surface area (Å²) in [4.78, 5) is 23.3. The fraction of sp³-hybridized carbons (Fsp3) is 0.778. The van der Waals surface area contributed by atoms with Crippen molar-refractivity contribution in [1.29, 1.82) is 0 Å². The van der Waals surface area contributed by atoms with E-state index in [2.05, 4.69) is 5.32 Å². The van der Waals surface area contributed by atoms with Crippen LogP contribution < -0.4 is 16.8 Å². The summed E-state index contributed by atoms with van der Waals surface area (Å²) >= 11 is 0. The second-order valence-corrected chi connectivity index (χ2v) is 3.96. The molecule has 0 spiro atoms. The van der Waals surface area contributed by atoms with Gasteiger partial charge in [0.1, 0.15) is 0 Å². The first-order chi connectivity index (χ1) is 7.08. The van der Waals surface area contributed by atoms with Crippen LogP contribution in [-0.2, 0) is 9.59 Å². The van der Waals surface area contributed by atoms with Crippen LogP contribution in [0.3, 0.4) is 0 Å². The van der Waals surface area contributed by atoms with Crippen molar-refractivity contribution in [3.05, 3.63) is 0 Å². The summed E-state index contributed by atoms with van der Waals surface area (Å²) < 4.78 is 0. The van der Waals surface area contributed by atoms with Crippen LogP contribution in [0.15, 0.2) is 0 Å². The van der Waals surface area contributed by atoms with Gasteiger partial charge >= 0.3 is 0 Å². The topological polar surface area (TPSA) is 101 Å². The summed E-state index contributed by atoms with van der Waals surface area (Å²) in [5.41, 5.74) is 10.2. The summed E-state index contributed by atoms with van der Waals surface area (Å²) in [6.07, 6.45) is 1.06. The molecule has 5 N–H and O–H groups in total. The number of rotatable bonds is 6. The first-order valence-electron chi connectivity index (χ1n) is 5.07. The van der Waals surface area contributed by atoms with Crippen molar-refractivity contribution in [2.45, 2.75) is 6.42 Å². The van der Waals surface area contributed by atoms with E-state index in [9.17, 15) is 9.59 Å². The van der Waals surface area contributed by atoms with E-state index in [0.29, 0.717) is 12.5 Å². The molecule has 1 heterocycles. The molecular weight excluding hydrogens is 196 g/mol. The molecule has 0 aliphatic carbocycles. The van der Waals surface area contributed by atoms with Crippen molar-refractivity contribution in [3.63, 3.8) is 0 Å². The molecule has 1 atom stereocenters. The van der Waals surface area contributed by atoms with Crippen LogP contribution >= 0.6 is 0 Å². The standard InChI is InChI=1S/C9H18N4O2/c10-8(14)5-13(6-9(11)15)4-7-1-2-12-3-7/h7,12H,1-6H2,(H2,10,14)(H2,11,15). The molecule has 0 aromatic heterocycles. The minimum Gasteiger partial charge on any atom is -0.369 e. The number of carbonyl (C=O) groups excluding carboxylic acids is 2. The van der Waals surface area contributed by atoms with E-state index in [4.69, 9.17) is 11.5 Å². The maximum absolute atomic E-state index is 10.8. The number of nitrogens with zero attached hydrogens (tertiary/aromatic N) is 1. The van der Waals surface area contributed by atoms with Crippen molar-refractivity contribution >= 4 is 11.8 Å². The Kier molecular flexibility index (Phi) is 4.51. The molecule has 0 aromatic carbocycles. The molecule has 1 saturated heterocycles. The maximum Gasteiger partial charge on any atom is 0.231 e. The highest BCUT2D eigenvalue weighted by molar-refractivity contribution is 5.79. The van der Waals surface area contributed by atoms with E-state index >= 15 is 0 Å². The molecule has 1 rings (SSSR count). The molecule has 0 bridgehead atoms. The molecular formula is C9H18N4O2. The molecule has 2 amide bonds. The van der Waals surface area contributed by atoms with E-state index < -0.39 is 11.8 Å². The monoisotopic (exact) mass is 214 g/mol. The molecule has 0 saturated carbocycles. The Hall–Kier alpha value is -1.14. The Morgan fingerprint density at radius 3 is 2.27 bits per heavy atom. The van der Waals surface area contributed by atoms with Crippen LogP contribution in [0.2, 0.25) is 0 Å². The van der Waals surface area contributed by atoms with Crippen LogP contribution in [0.4, 0.5) is 0 Å². The number of nitrogens with one attached hydrogen (secondary N) is 1. The van der Waals surface area contributed by atoms with Crippen LogP contribution in [0.25, 0.3) is 0 Å². The Balaban J connectivity index is 2.39. The highest BCUT2D eigenvalue weighted by Gasteiger charge is 2.20. The molecule has 1 unspecified atom stereocenters. The summed E-state index contributed by atoms with van der Waals surface area (Å²) in [5, 5.41) is 3.23. The molecule has 1 aliphatic heterocycles. The molecule has 1 fully saturated rings. The van der Waals surface area contributed by atoms with Gasteiger partial charge < -0.3 is 16.8 Å². The van der Waals surface area contributed by atoms with Crippen molar-refractivity contribution in [2.75, 3.05) is 32.7 Å². The predicted octanol–water partition coefficient (Wildman–Crippen LogP) is -2.13. The highest BCUT2D eigenvalue weighted by atomic mass is 16.2. The van der Waals surface area contributed by atoms with Gasteiger partial charge in [0, 0.05) is 6.54 Å². The van der Waals surface area contributed by atoms with Crippen molar-refractivity contribution in [3.8, 4) is 0 Å². The molecule has 6 nitrogen and oxygen atoms in total. The van der Waals surface area contributed by atoms with Crippen LogP contribution in [0.1, 0.15) is 6.42 Å². The normalized spacial score (nSPS) is 20.7. The van der Waals surface area contributed by atoms with E-state index in [0.717, 1.165) is 19.5 Å². The van der Waals surface area contributed by atoms with E-state index in [1.165, 1.54) is 0 Å². The van der Waals surface area contributed by atoms with Gasteiger partial charge in [-0.3, -0.25) is 14.5 Å². The van der Waals surface area contributed by atoms with E-state index in [1.54, 1.807) is 4.90 Å². The Labute approximate surface area is 89.0 Å². The quantitative estimate of drug-likeness (QED) is 0.470. The van der Waals surface area contributed by atoms with E-state index in [1.807, 2.05) is 0 Å². The lowest BCUT2D eigenvalue weighted by Crippen LogP contribution is -2.42. The zero-order valence-corrected chi connectivity index (χ0v) is 8.74. The average molecular weight is 214 g/mol. The van der Waals surface area contributed by atoms with Gasteiger partial charge in [0.25, 0.3) is 0 Å². The first kappa shape index (κ1) is 11.9. The molecule has 0 radical (unpaired) electrons. The second-order valence-electron chi connectivity index (χ2n) is 3.96. The van der Waals surface area contributed by atoms with Crippen molar-refractivity contribution in [1.82, 2.24) is 10.2 Å². The highest BCUT2D eigenvalue weighted by Crippen LogP contribution is 2.09. The SMILES string of the molecule is NC(=O)CN(CC(N)=O)CC1CCNC1. The lowest BCUT2D eigenvalue weighted by atomic mass is 10.1. The third-order valence-corrected chi connectivity index (χ3v) is 2.44. The molecule has 15 heavy (non-hydrogen) atoms. The Morgan fingerprint density at radius 2 is 1.87 bits per heavy atom. The number of nitrogens with two attached hydrogens (primary N) is 2. The molecule has 0 aromatic rings. The van der Waals surface area contributed by atoms with Crippen LogP contribution in [0, 0.1) is 5.92 Å². The van der Waals surface area contributed by atoms with Gasteiger partial charge in [-0.05, 0) is 25.4 Å². The lowest BCUT2D eigenvalue weighted by molar-refractivity contribution is -0.122. The fourth-order valence-electron chi connectivity index (χ4n) is 1.86. The zero-order chi connectivity index (χ0) is 11.3. The summed E-state index contributed by atoms with van der Waals surface area (Å²) in [7, 11) is 0.